The maximum atomic E-state index is 13.1. The van der Waals surface area contributed by atoms with Gasteiger partial charge < -0.3 is 29.9 Å². The van der Waals surface area contributed by atoms with Crippen LogP contribution in [0.25, 0.3) is 0 Å². The number of hydrogen-bond acceptors (Lipinski definition) is 7. The molecule has 2 amide bonds. The summed E-state index contributed by atoms with van der Waals surface area (Å²) >= 11 is 0. The third-order valence-electron chi connectivity index (χ3n) is 6.33. The third-order valence-corrected chi connectivity index (χ3v) is 6.33. The van der Waals surface area contributed by atoms with Crippen LogP contribution in [0.5, 0.6) is 11.5 Å². The van der Waals surface area contributed by atoms with Crippen LogP contribution >= 0.6 is 0 Å². The first-order valence-electron chi connectivity index (χ1n) is 10.8. The Hall–Kier alpha value is -2.91. The number of carbonyl (C=O) groups is 3. The van der Waals surface area contributed by atoms with Gasteiger partial charge in [0.15, 0.2) is 11.5 Å². The van der Waals surface area contributed by atoms with E-state index in [-0.39, 0.29) is 19.1 Å². The van der Waals surface area contributed by atoms with E-state index in [9.17, 15) is 19.5 Å². The lowest BCUT2D eigenvalue weighted by atomic mass is 9.77. The molecule has 4 atom stereocenters. The Morgan fingerprint density at radius 3 is 2.69 bits per heavy atom. The average molecular weight is 444 g/mol. The largest absolute Gasteiger partial charge is 0.493 e. The van der Waals surface area contributed by atoms with Crippen LogP contribution in [0, 0.1) is 5.92 Å². The predicted molar refractivity (Wildman–Crippen MR) is 114 cm³/mol. The van der Waals surface area contributed by atoms with Gasteiger partial charge in [0, 0.05) is 36.7 Å². The highest BCUT2D eigenvalue weighted by atomic mass is 16.5. The number of methoxy groups -OCH3 is 1. The highest BCUT2D eigenvalue weighted by Crippen LogP contribution is 2.51. The van der Waals surface area contributed by atoms with Crippen molar-refractivity contribution < 1.29 is 34.1 Å². The maximum Gasteiger partial charge on any atom is 0.247 e. The molecule has 0 bridgehead atoms. The molecule has 4 rings (SSSR count). The zero-order valence-corrected chi connectivity index (χ0v) is 18.1. The minimum Gasteiger partial charge on any atom is -0.493 e. The molecule has 1 aromatic rings. The van der Waals surface area contributed by atoms with Gasteiger partial charge in [-0.2, -0.15) is 0 Å². The Morgan fingerprint density at radius 2 is 2.09 bits per heavy atom. The molecule has 1 fully saturated rings. The van der Waals surface area contributed by atoms with E-state index < -0.39 is 30.1 Å². The smallest absolute Gasteiger partial charge is 0.247 e. The van der Waals surface area contributed by atoms with Gasteiger partial charge in [-0.3, -0.25) is 14.4 Å². The van der Waals surface area contributed by atoms with Crippen LogP contribution in [0.1, 0.15) is 41.6 Å². The zero-order chi connectivity index (χ0) is 23.0. The SMILES string of the molecule is COc1cc(C=O)cc2c1O[C@@H]1[C@@H](O)[C@H](N(CC3CC3)C(C)=O)C=C(C(=O)NCCO)[C@H]21. The molecule has 0 radical (unpaired) electrons. The first kappa shape index (κ1) is 22.3. The number of rotatable bonds is 8. The van der Waals surface area contributed by atoms with Crippen molar-refractivity contribution in [2.45, 2.75) is 43.9 Å². The molecule has 0 spiro atoms. The van der Waals surface area contributed by atoms with Crippen LogP contribution in [0.2, 0.25) is 0 Å². The molecule has 1 saturated carbocycles. The highest BCUT2D eigenvalue weighted by Gasteiger charge is 2.51. The molecule has 9 heteroatoms. The first-order chi connectivity index (χ1) is 15.4. The molecular formula is C23H28N2O7. The van der Waals surface area contributed by atoms with Crippen LogP contribution in [-0.2, 0) is 9.59 Å². The summed E-state index contributed by atoms with van der Waals surface area (Å²) in [7, 11) is 1.45. The molecule has 0 unspecified atom stereocenters. The van der Waals surface area contributed by atoms with E-state index in [1.54, 1.807) is 17.0 Å². The van der Waals surface area contributed by atoms with Gasteiger partial charge in [0.2, 0.25) is 11.8 Å². The fraction of sp³-hybridized carbons (Fsp3) is 0.522. The van der Waals surface area contributed by atoms with E-state index in [1.165, 1.54) is 20.1 Å². The Morgan fingerprint density at radius 1 is 1.34 bits per heavy atom. The van der Waals surface area contributed by atoms with E-state index in [1.807, 2.05) is 0 Å². The number of benzene rings is 1. The van der Waals surface area contributed by atoms with Crippen molar-refractivity contribution in [3.8, 4) is 11.5 Å². The Balaban J connectivity index is 1.79. The number of nitrogens with zero attached hydrogens (tertiary/aromatic N) is 1. The normalized spacial score (nSPS) is 25.7. The van der Waals surface area contributed by atoms with E-state index in [4.69, 9.17) is 14.6 Å². The molecule has 172 valence electrons. The van der Waals surface area contributed by atoms with E-state index >= 15 is 0 Å². The van der Waals surface area contributed by atoms with Crippen molar-refractivity contribution in [2.75, 3.05) is 26.8 Å². The zero-order valence-electron chi connectivity index (χ0n) is 18.1. The monoisotopic (exact) mass is 444 g/mol. The minimum absolute atomic E-state index is 0.0602. The second kappa shape index (κ2) is 8.91. The van der Waals surface area contributed by atoms with Gasteiger partial charge in [-0.1, -0.05) is 0 Å². The molecular weight excluding hydrogens is 416 g/mol. The molecule has 9 nitrogen and oxygen atoms in total. The van der Waals surface area contributed by atoms with Crippen molar-refractivity contribution in [1.29, 1.82) is 0 Å². The van der Waals surface area contributed by atoms with Crippen LogP contribution in [0.15, 0.2) is 23.8 Å². The highest BCUT2D eigenvalue weighted by molar-refractivity contribution is 5.96. The van der Waals surface area contributed by atoms with Gasteiger partial charge in [-0.25, -0.2) is 0 Å². The molecule has 32 heavy (non-hydrogen) atoms. The Bertz CT molecular complexity index is 956. The number of carbonyl (C=O) groups excluding carboxylic acids is 3. The lowest BCUT2D eigenvalue weighted by molar-refractivity contribution is -0.135. The standard InChI is InChI=1S/C23H28N2O7/c1-12(28)25(10-13-3-4-13)17-9-16(23(30)24-5-6-26)19-15-7-14(11-27)8-18(31-2)21(15)32-22(19)20(17)29/h7-9,11,13,17,19-20,22,26,29H,3-6,10H2,1-2H3,(H,24,30)/t17-,19+,20+,22+/m1/s1. The lowest BCUT2D eigenvalue weighted by Crippen LogP contribution is -2.55. The molecule has 1 heterocycles. The lowest BCUT2D eigenvalue weighted by Gasteiger charge is -2.40. The van der Waals surface area contributed by atoms with Gasteiger partial charge in [0.1, 0.15) is 18.5 Å². The molecule has 1 aromatic carbocycles. The predicted octanol–water partition coefficient (Wildman–Crippen LogP) is 0.389. The van der Waals surface area contributed by atoms with Gasteiger partial charge in [-0.15, -0.1) is 0 Å². The summed E-state index contributed by atoms with van der Waals surface area (Å²) in [5.74, 6) is -0.182. The number of aliphatic hydroxyl groups excluding tert-OH is 2. The number of nitrogens with one attached hydrogen (secondary N) is 1. The summed E-state index contributed by atoms with van der Waals surface area (Å²) in [6.45, 7) is 1.79. The minimum atomic E-state index is -1.09. The number of aliphatic hydroxyl groups is 2. The van der Waals surface area contributed by atoms with Crippen molar-refractivity contribution in [3.63, 3.8) is 0 Å². The van der Waals surface area contributed by atoms with Crippen molar-refractivity contribution in [3.05, 3.63) is 34.9 Å². The van der Waals surface area contributed by atoms with Crippen molar-refractivity contribution in [1.82, 2.24) is 10.2 Å². The van der Waals surface area contributed by atoms with E-state index in [0.717, 1.165) is 12.8 Å². The van der Waals surface area contributed by atoms with Crippen LogP contribution < -0.4 is 14.8 Å². The fourth-order valence-corrected chi connectivity index (χ4v) is 4.60. The fourth-order valence-electron chi connectivity index (χ4n) is 4.60. The van der Waals surface area contributed by atoms with Gasteiger partial charge in [0.05, 0.1) is 25.7 Å². The quantitative estimate of drug-likeness (QED) is 0.495. The Labute approximate surface area is 186 Å². The van der Waals surface area contributed by atoms with Crippen LogP contribution in [0.3, 0.4) is 0 Å². The molecule has 1 aliphatic heterocycles. The van der Waals surface area contributed by atoms with E-state index in [0.29, 0.717) is 46.9 Å². The van der Waals surface area contributed by atoms with Gasteiger partial charge in [0.25, 0.3) is 0 Å². The summed E-state index contributed by atoms with van der Waals surface area (Å²) in [4.78, 5) is 38.6. The van der Waals surface area contributed by atoms with Crippen LogP contribution in [0.4, 0.5) is 0 Å². The van der Waals surface area contributed by atoms with E-state index in [2.05, 4.69) is 5.32 Å². The summed E-state index contributed by atoms with van der Waals surface area (Å²) in [5, 5.41) is 23.1. The Kier molecular flexibility index (Phi) is 6.21. The van der Waals surface area contributed by atoms with Crippen molar-refractivity contribution >= 4 is 18.1 Å². The molecule has 0 aromatic heterocycles. The molecule has 3 N–H and O–H groups in total. The van der Waals surface area contributed by atoms with Crippen molar-refractivity contribution in [2.24, 2.45) is 5.92 Å². The summed E-state index contributed by atoms with van der Waals surface area (Å²) < 4.78 is 11.5. The number of hydrogen-bond donors (Lipinski definition) is 3. The second-order valence-corrected chi connectivity index (χ2v) is 8.52. The average Bonchev–Trinajstić information content (AvgIpc) is 3.53. The molecule has 0 saturated heterocycles. The molecule has 2 aliphatic carbocycles. The van der Waals surface area contributed by atoms with Gasteiger partial charge >= 0.3 is 0 Å². The summed E-state index contributed by atoms with van der Waals surface area (Å²) in [6, 6.07) is 2.43. The summed E-state index contributed by atoms with van der Waals surface area (Å²) in [6.07, 6.45) is 2.43. The number of aldehydes is 1. The third kappa shape index (κ3) is 3.98. The molecule has 3 aliphatic rings. The second-order valence-electron chi connectivity index (χ2n) is 8.52. The maximum absolute atomic E-state index is 13.1. The number of fused-ring (bicyclic) bond motifs is 3. The number of amides is 2. The van der Waals surface area contributed by atoms with Gasteiger partial charge in [-0.05, 0) is 37.0 Å². The first-order valence-corrected chi connectivity index (χ1v) is 10.8. The topological polar surface area (TPSA) is 125 Å². The summed E-state index contributed by atoms with van der Waals surface area (Å²) in [5.41, 5.74) is 1.25. The number of ether oxygens (including phenoxy) is 2. The van der Waals surface area contributed by atoms with Crippen LogP contribution in [-0.4, -0.2) is 78.3 Å².